The van der Waals surface area contributed by atoms with Gasteiger partial charge in [-0.1, -0.05) is 11.6 Å². The summed E-state index contributed by atoms with van der Waals surface area (Å²) in [6.07, 6.45) is 4.23. The summed E-state index contributed by atoms with van der Waals surface area (Å²) in [5.74, 6) is -0.227. The van der Waals surface area contributed by atoms with Crippen molar-refractivity contribution in [1.29, 1.82) is 0 Å². The molecule has 0 bridgehead atoms. The van der Waals surface area contributed by atoms with Gasteiger partial charge in [0.1, 0.15) is 11.9 Å². The predicted octanol–water partition coefficient (Wildman–Crippen LogP) is 2.48. The van der Waals surface area contributed by atoms with Crippen LogP contribution in [0.4, 0.5) is 4.39 Å². The maximum atomic E-state index is 12.9. The number of carbonyl (C=O) groups is 1. The largest absolute Gasteiger partial charge is 0.374 e. The van der Waals surface area contributed by atoms with E-state index >= 15 is 0 Å². The van der Waals surface area contributed by atoms with Gasteiger partial charge in [-0.2, -0.15) is 0 Å². The number of rotatable bonds is 3. The van der Waals surface area contributed by atoms with Crippen LogP contribution in [0.1, 0.15) is 16.9 Å². The molecule has 1 aliphatic rings. The van der Waals surface area contributed by atoms with Gasteiger partial charge in [0.2, 0.25) is 5.78 Å². The highest BCUT2D eigenvalue weighted by atomic mass is 35.5. The van der Waals surface area contributed by atoms with Gasteiger partial charge in [0, 0.05) is 36.6 Å². The van der Waals surface area contributed by atoms with Crippen molar-refractivity contribution < 1.29 is 9.18 Å². The second kappa shape index (κ2) is 5.27. The highest BCUT2D eigenvalue weighted by molar-refractivity contribution is 6.30. The third kappa shape index (κ3) is 3.27. The van der Waals surface area contributed by atoms with Gasteiger partial charge in [0.05, 0.1) is 0 Å². The molecule has 1 fully saturated rings. The molecule has 0 N–H and O–H groups in total. The van der Waals surface area contributed by atoms with Crippen molar-refractivity contribution in [2.24, 2.45) is 0 Å². The van der Waals surface area contributed by atoms with E-state index < -0.39 is 6.17 Å². The lowest BCUT2D eigenvalue weighted by Gasteiger charge is -2.09. The number of halogens is 2. The van der Waals surface area contributed by atoms with Crippen LogP contribution in [-0.2, 0) is 0 Å². The van der Waals surface area contributed by atoms with E-state index in [9.17, 15) is 9.18 Å². The summed E-state index contributed by atoms with van der Waals surface area (Å²) in [5, 5.41) is 0.474. The van der Waals surface area contributed by atoms with Gasteiger partial charge >= 0.3 is 0 Å². The first-order valence-electron chi connectivity index (χ1n) is 5.37. The molecule has 3 nitrogen and oxygen atoms in total. The molecule has 1 aromatic heterocycles. The average Bonchev–Trinajstić information content (AvgIpc) is 2.72. The minimum absolute atomic E-state index is 0.227. The Hall–Kier alpha value is -1.42. The van der Waals surface area contributed by atoms with Crippen LogP contribution >= 0.6 is 11.6 Å². The normalized spacial score (nSPS) is 20.1. The van der Waals surface area contributed by atoms with Crippen molar-refractivity contribution >= 4 is 17.4 Å². The number of ketones is 1. The molecule has 0 unspecified atom stereocenters. The fourth-order valence-electron chi connectivity index (χ4n) is 1.68. The molecule has 0 spiro atoms. The molecule has 2 heterocycles. The van der Waals surface area contributed by atoms with E-state index in [1.807, 2.05) is 0 Å². The molecule has 1 atom stereocenters. The van der Waals surface area contributed by atoms with Gasteiger partial charge in [-0.05, 0) is 18.6 Å². The minimum Gasteiger partial charge on any atom is -0.374 e. The van der Waals surface area contributed by atoms with E-state index in [1.165, 1.54) is 18.3 Å². The first kappa shape index (κ1) is 12.0. The molecule has 1 aromatic rings. The van der Waals surface area contributed by atoms with Crippen LogP contribution in [0.25, 0.3) is 0 Å². The van der Waals surface area contributed by atoms with E-state index in [2.05, 4.69) is 4.98 Å². The summed E-state index contributed by atoms with van der Waals surface area (Å²) in [5.41, 5.74) is 0.296. The molecule has 0 aromatic carbocycles. The van der Waals surface area contributed by atoms with Crippen molar-refractivity contribution in [3.8, 4) is 0 Å². The molecule has 0 saturated carbocycles. The molecular formula is C12H12ClFN2O. The predicted molar refractivity (Wildman–Crippen MR) is 63.8 cm³/mol. The molecule has 1 saturated heterocycles. The lowest BCUT2D eigenvalue weighted by atomic mass is 10.2. The zero-order valence-electron chi connectivity index (χ0n) is 9.14. The Labute approximate surface area is 104 Å². The zero-order valence-corrected chi connectivity index (χ0v) is 9.90. The fourth-order valence-corrected chi connectivity index (χ4v) is 1.84. The second-order valence-corrected chi connectivity index (χ2v) is 4.36. The number of hydrogen-bond acceptors (Lipinski definition) is 3. The summed E-state index contributed by atoms with van der Waals surface area (Å²) in [4.78, 5) is 17.4. The third-order valence-corrected chi connectivity index (χ3v) is 2.81. The number of hydrogen-bond donors (Lipinski definition) is 0. The molecular weight excluding hydrogens is 243 g/mol. The topological polar surface area (TPSA) is 33.2 Å². The van der Waals surface area contributed by atoms with Crippen LogP contribution in [0.3, 0.4) is 0 Å². The van der Waals surface area contributed by atoms with Gasteiger partial charge in [-0.15, -0.1) is 0 Å². The lowest BCUT2D eigenvalue weighted by Crippen LogP contribution is -2.14. The Morgan fingerprint density at radius 3 is 3.12 bits per heavy atom. The van der Waals surface area contributed by atoms with Crippen LogP contribution in [0.15, 0.2) is 30.6 Å². The van der Waals surface area contributed by atoms with Crippen LogP contribution in [0, 0.1) is 0 Å². The molecule has 1 aliphatic heterocycles. The molecule has 0 aliphatic carbocycles. The van der Waals surface area contributed by atoms with Crippen LogP contribution < -0.4 is 0 Å². The molecule has 90 valence electrons. The summed E-state index contributed by atoms with van der Waals surface area (Å²) < 4.78 is 12.9. The standard InChI is InChI=1S/C12H12ClFN2O/c13-9-1-4-15-11(7-9)12(17)3-6-16-5-2-10(14)8-16/h1,3-4,6-7,10H,2,5,8H2/b6-3+/t10-/m1/s1. The Morgan fingerprint density at radius 2 is 2.47 bits per heavy atom. The van der Waals surface area contributed by atoms with Crippen LogP contribution in [0.2, 0.25) is 5.02 Å². The molecule has 2 rings (SSSR count). The number of nitrogens with zero attached hydrogens (tertiary/aromatic N) is 2. The highest BCUT2D eigenvalue weighted by Gasteiger charge is 2.18. The van der Waals surface area contributed by atoms with Crippen LogP contribution in [0.5, 0.6) is 0 Å². The number of carbonyl (C=O) groups excluding carboxylic acids is 1. The summed E-state index contributed by atoms with van der Waals surface area (Å²) in [7, 11) is 0. The van der Waals surface area contributed by atoms with Crippen molar-refractivity contribution in [3.05, 3.63) is 41.3 Å². The first-order chi connectivity index (χ1) is 8.15. The third-order valence-electron chi connectivity index (χ3n) is 2.57. The first-order valence-corrected chi connectivity index (χ1v) is 5.75. The van der Waals surface area contributed by atoms with Gasteiger partial charge < -0.3 is 4.90 Å². The average molecular weight is 255 g/mol. The van der Waals surface area contributed by atoms with E-state index in [4.69, 9.17) is 11.6 Å². The molecule has 5 heteroatoms. The number of likely N-dealkylation sites (tertiary alicyclic amines) is 1. The Morgan fingerprint density at radius 1 is 1.65 bits per heavy atom. The SMILES string of the molecule is O=C(/C=C/N1CC[C@@H](F)C1)c1cc(Cl)ccn1. The number of aromatic nitrogens is 1. The van der Waals surface area contributed by atoms with Crippen LogP contribution in [-0.4, -0.2) is 34.9 Å². The smallest absolute Gasteiger partial charge is 0.205 e. The monoisotopic (exact) mass is 254 g/mol. The van der Waals surface area contributed by atoms with Crippen molar-refractivity contribution in [3.63, 3.8) is 0 Å². The second-order valence-electron chi connectivity index (χ2n) is 3.92. The summed E-state index contributed by atoms with van der Waals surface area (Å²) in [6, 6.07) is 3.12. The molecule has 0 amide bonds. The maximum absolute atomic E-state index is 12.9. The van der Waals surface area contributed by atoms with Gasteiger partial charge in [-0.25, -0.2) is 4.39 Å². The van der Waals surface area contributed by atoms with Crippen molar-refractivity contribution in [1.82, 2.24) is 9.88 Å². The molecule has 17 heavy (non-hydrogen) atoms. The highest BCUT2D eigenvalue weighted by Crippen LogP contribution is 2.13. The number of pyridine rings is 1. The van der Waals surface area contributed by atoms with Gasteiger partial charge in [0.25, 0.3) is 0 Å². The van der Waals surface area contributed by atoms with Crippen molar-refractivity contribution in [2.75, 3.05) is 13.1 Å². The van der Waals surface area contributed by atoms with E-state index in [-0.39, 0.29) is 5.78 Å². The molecule has 0 radical (unpaired) electrons. The summed E-state index contributed by atoms with van der Waals surface area (Å²) >= 11 is 5.76. The van der Waals surface area contributed by atoms with Gasteiger partial charge in [0.15, 0.2) is 0 Å². The minimum atomic E-state index is -0.793. The quantitative estimate of drug-likeness (QED) is 0.614. The van der Waals surface area contributed by atoms with E-state index in [1.54, 1.807) is 17.2 Å². The maximum Gasteiger partial charge on any atom is 0.205 e. The number of allylic oxidation sites excluding steroid dienone is 1. The van der Waals surface area contributed by atoms with E-state index in [0.29, 0.717) is 30.2 Å². The lowest BCUT2D eigenvalue weighted by molar-refractivity contribution is 0.104. The zero-order chi connectivity index (χ0) is 12.3. The Bertz CT molecular complexity index is 450. The van der Waals surface area contributed by atoms with Gasteiger partial charge in [-0.3, -0.25) is 9.78 Å². The summed E-state index contributed by atoms with van der Waals surface area (Å²) in [6.45, 7) is 1.00. The Balaban J connectivity index is 1.99. The van der Waals surface area contributed by atoms with E-state index in [0.717, 1.165) is 0 Å². The van der Waals surface area contributed by atoms with Crippen molar-refractivity contribution in [2.45, 2.75) is 12.6 Å². The fraction of sp³-hybridized carbons (Fsp3) is 0.333. The Kier molecular flexibility index (Phi) is 3.74. The number of alkyl halides is 1.